The Kier molecular flexibility index (Phi) is 6.92. The van der Waals surface area contributed by atoms with E-state index < -0.39 is 23.4 Å². The van der Waals surface area contributed by atoms with Crippen LogP contribution in [0.1, 0.15) is 6.42 Å². The van der Waals surface area contributed by atoms with E-state index in [9.17, 15) is 19.7 Å². The summed E-state index contributed by atoms with van der Waals surface area (Å²) in [4.78, 5) is 33.8. The number of carbonyl (C=O) groups is 2. The summed E-state index contributed by atoms with van der Waals surface area (Å²) in [6.07, 6.45) is -0.0451. The Morgan fingerprint density at radius 2 is 1.92 bits per heavy atom. The molecule has 2 rings (SSSR count). The number of ether oxygens (including phenoxy) is 1. The lowest BCUT2D eigenvalue weighted by molar-refractivity contribution is -0.384. The number of nitro groups is 1. The maximum absolute atomic E-state index is 11.7. The second-order valence-corrected chi connectivity index (χ2v) is 5.61. The first-order valence-corrected chi connectivity index (χ1v) is 8.02. The summed E-state index contributed by atoms with van der Waals surface area (Å²) in [5, 5.41) is 16.7. The lowest BCUT2D eigenvalue weighted by atomic mass is 10.2. The van der Waals surface area contributed by atoms with E-state index in [1.165, 1.54) is 6.07 Å². The van der Waals surface area contributed by atoms with Gasteiger partial charge in [0.15, 0.2) is 6.61 Å². The van der Waals surface area contributed by atoms with Crippen LogP contribution in [-0.2, 0) is 14.3 Å². The molecule has 0 radical (unpaired) electrons. The van der Waals surface area contributed by atoms with Gasteiger partial charge >= 0.3 is 5.97 Å². The minimum atomic E-state index is -0.600. The van der Waals surface area contributed by atoms with E-state index in [2.05, 4.69) is 10.6 Å². The number of halogens is 1. The Balaban J connectivity index is 1.72. The van der Waals surface area contributed by atoms with Crippen molar-refractivity contribution in [3.05, 3.63) is 63.7 Å². The maximum Gasteiger partial charge on any atom is 0.308 e. The number of rotatable bonds is 8. The van der Waals surface area contributed by atoms with Gasteiger partial charge in [-0.05, 0) is 24.3 Å². The average molecular weight is 378 g/mol. The third-order valence-corrected chi connectivity index (χ3v) is 3.45. The van der Waals surface area contributed by atoms with Gasteiger partial charge in [0.25, 0.3) is 11.6 Å². The molecule has 8 nitrogen and oxygen atoms in total. The molecule has 0 unspecified atom stereocenters. The number of hydrogen-bond donors (Lipinski definition) is 2. The van der Waals surface area contributed by atoms with Crippen molar-refractivity contribution in [1.29, 1.82) is 0 Å². The van der Waals surface area contributed by atoms with E-state index in [1.54, 1.807) is 42.5 Å². The largest absolute Gasteiger partial charge is 0.456 e. The molecule has 0 fully saturated rings. The molecule has 0 saturated heterocycles. The first kappa shape index (κ1) is 19.2. The summed E-state index contributed by atoms with van der Waals surface area (Å²) in [6.45, 7) is -0.295. The number of esters is 1. The van der Waals surface area contributed by atoms with Crippen LogP contribution in [0.15, 0.2) is 48.5 Å². The van der Waals surface area contributed by atoms with Crippen LogP contribution >= 0.6 is 11.6 Å². The predicted molar refractivity (Wildman–Crippen MR) is 97.2 cm³/mol. The van der Waals surface area contributed by atoms with Crippen LogP contribution in [0, 0.1) is 10.1 Å². The molecule has 0 aliphatic heterocycles. The molecular formula is C17H16ClN3O5. The molecule has 136 valence electrons. The van der Waals surface area contributed by atoms with Crippen molar-refractivity contribution in [2.45, 2.75) is 6.42 Å². The summed E-state index contributed by atoms with van der Waals surface area (Å²) in [5.41, 5.74) is 0.724. The molecular weight excluding hydrogens is 362 g/mol. The van der Waals surface area contributed by atoms with Crippen molar-refractivity contribution in [3.8, 4) is 0 Å². The lowest BCUT2D eigenvalue weighted by Gasteiger charge is -2.08. The molecule has 9 heteroatoms. The van der Waals surface area contributed by atoms with Gasteiger partial charge in [-0.15, -0.1) is 0 Å². The molecule has 1 amide bonds. The van der Waals surface area contributed by atoms with Gasteiger partial charge in [-0.3, -0.25) is 19.7 Å². The van der Waals surface area contributed by atoms with E-state index in [-0.39, 0.29) is 18.7 Å². The van der Waals surface area contributed by atoms with Gasteiger partial charge in [-0.2, -0.15) is 0 Å². The SMILES string of the molecule is O=C(COC(=O)CCNc1ccccc1[N+](=O)[O-])Nc1cccc(Cl)c1. The molecule has 26 heavy (non-hydrogen) atoms. The second-order valence-electron chi connectivity index (χ2n) is 5.17. The summed E-state index contributed by atoms with van der Waals surface area (Å²) in [7, 11) is 0. The fourth-order valence-electron chi connectivity index (χ4n) is 2.06. The predicted octanol–water partition coefficient (Wildman–Crippen LogP) is 3.23. The Labute approximate surface area is 154 Å². The second kappa shape index (κ2) is 9.38. The zero-order valence-corrected chi connectivity index (χ0v) is 14.4. The first-order valence-electron chi connectivity index (χ1n) is 7.64. The van der Waals surface area contributed by atoms with Gasteiger partial charge < -0.3 is 15.4 Å². The molecule has 0 aliphatic rings. The summed E-state index contributed by atoms with van der Waals surface area (Å²) in [5.74, 6) is -1.09. The number of anilines is 2. The Morgan fingerprint density at radius 1 is 1.15 bits per heavy atom. The van der Waals surface area contributed by atoms with Crippen LogP contribution in [0.4, 0.5) is 17.1 Å². The topological polar surface area (TPSA) is 111 Å². The third kappa shape index (κ3) is 6.06. The molecule has 0 atom stereocenters. The Morgan fingerprint density at radius 3 is 2.65 bits per heavy atom. The molecule has 0 saturated carbocycles. The number of benzene rings is 2. The highest BCUT2D eigenvalue weighted by Gasteiger charge is 2.13. The van der Waals surface area contributed by atoms with Gasteiger partial charge in [0.1, 0.15) is 5.69 Å². The quantitative estimate of drug-likeness (QED) is 0.415. The number of nitrogens with zero attached hydrogens (tertiary/aromatic N) is 1. The van der Waals surface area contributed by atoms with Crippen molar-refractivity contribution < 1.29 is 19.2 Å². The van der Waals surface area contributed by atoms with Crippen molar-refractivity contribution in [3.63, 3.8) is 0 Å². The van der Waals surface area contributed by atoms with Gasteiger partial charge in [0.05, 0.1) is 11.3 Å². The lowest BCUT2D eigenvalue weighted by Crippen LogP contribution is -2.22. The number of hydrogen-bond acceptors (Lipinski definition) is 6. The number of nitro benzene ring substituents is 1. The summed E-state index contributed by atoms with van der Waals surface area (Å²) >= 11 is 5.81. The van der Waals surface area contributed by atoms with Crippen molar-refractivity contribution >= 4 is 40.5 Å². The highest BCUT2D eigenvalue weighted by atomic mass is 35.5. The molecule has 0 bridgehead atoms. The van der Waals surface area contributed by atoms with Crippen LogP contribution in [0.25, 0.3) is 0 Å². The third-order valence-electron chi connectivity index (χ3n) is 3.22. The fourth-order valence-corrected chi connectivity index (χ4v) is 2.25. The van der Waals surface area contributed by atoms with Gasteiger partial charge in [-0.1, -0.05) is 29.8 Å². The Bertz CT molecular complexity index is 812. The van der Waals surface area contributed by atoms with E-state index in [1.807, 2.05) is 0 Å². The summed E-state index contributed by atoms with van der Waals surface area (Å²) in [6, 6.07) is 12.7. The number of para-hydroxylation sites is 2. The molecule has 0 aliphatic carbocycles. The van der Waals surface area contributed by atoms with E-state index in [0.717, 1.165) is 0 Å². The number of amides is 1. The molecule has 2 aromatic carbocycles. The molecule has 2 aromatic rings. The first-order chi connectivity index (χ1) is 12.5. The smallest absolute Gasteiger partial charge is 0.308 e. The van der Waals surface area contributed by atoms with Gasteiger partial charge in [-0.25, -0.2) is 0 Å². The molecule has 0 spiro atoms. The van der Waals surface area contributed by atoms with Crippen LogP contribution in [0.2, 0.25) is 5.02 Å². The van der Waals surface area contributed by atoms with Crippen molar-refractivity contribution in [1.82, 2.24) is 0 Å². The van der Waals surface area contributed by atoms with Crippen molar-refractivity contribution in [2.75, 3.05) is 23.8 Å². The van der Waals surface area contributed by atoms with Crippen LogP contribution in [0.3, 0.4) is 0 Å². The van der Waals surface area contributed by atoms with Gasteiger partial charge in [0.2, 0.25) is 0 Å². The van der Waals surface area contributed by atoms with Crippen LogP contribution in [-0.4, -0.2) is 30.0 Å². The minimum Gasteiger partial charge on any atom is -0.456 e. The van der Waals surface area contributed by atoms with Crippen molar-refractivity contribution in [2.24, 2.45) is 0 Å². The minimum absolute atomic E-state index is 0.0451. The molecule has 0 aromatic heterocycles. The highest BCUT2D eigenvalue weighted by Crippen LogP contribution is 2.22. The monoisotopic (exact) mass is 377 g/mol. The van der Waals surface area contributed by atoms with E-state index in [0.29, 0.717) is 16.4 Å². The van der Waals surface area contributed by atoms with E-state index >= 15 is 0 Å². The van der Waals surface area contributed by atoms with Crippen LogP contribution in [0.5, 0.6) is 0 Å². The summed E-state index contributed by atoms with van der Waals surface area (Å²) < 4.78 is 4.86. The zero-order valence-electron chi connectivity index (χ0n) is 13.6. The Hall–Kier alpha value is -3.13. The number of nitrogens with one attached hydrogen (secondary N) is 2. The molecule has 0 heterocycles. The molecule has 2 N–H and O–H groups in total. The fraction of sp³-hybridized carbons (Fsp3) is 0.176. The highest BCUT2D eigenvalue weighted by molar-refractivity contribution is 6.30. The van der Waals surface area contributed by atoms with E-state index in [4.69, 9.17) is 16.3 Å². The van der Waals surface area contributed by atoms with Gasteiger partial charge in [0, 0.05) is 23.3 Å². The van der Waals surface area contributed by atoms with Crippen LogP contribution < -0.4 is 10.6 Å². The zero-order chi connectivity index (χ0) is 18.9. The average Bonchev–Trinajstić information content (AvgIpc) is 2.60. The normalized spacial score (nSPS) is 10.0. The number of carbonyl (C=O) groups excluding carboxylic acids is 2. The maximum atomic E-state index is 11.7. The standard InChI is InChI=1S/C17H16ClN3O5/c18-12-4-3-5-13(10-12)20-16(22)11-26-17(23)8-9-19-14-6-1-2-7-15(14)21(24)25/h1-7,10,19H,8-9,11H2,(H,20,22).